The van der Waals surface area contributed by atoms with Crippen LogP contribution in [0.5, 0.6) is 0 Å². The molecule has 1 heterocycles. The van der Waals surface area contributed by atoms with Crippen LogP contribution in [-0.2, 0) is 16.4 Å². The topological polar surface area (TPSA) is 92.9 Å². The molecule has 29 heavy (non-hydrogen) atoms. The van der Waals surface area contributed by atoms with Crippen molar-refractivity contribution in [3.05, 3.63) is 94.0 Å². The summed E-state index contributed by atoms with van der Waals surface area (Å²) in [5.41, 5.74) is 2.87. The highest BCUT2D eigenvalue weighted by atomic mass is 32.2. The minimum atomic E-state index is -3.64. The summed E-state index contributed by atoms with van der Waals surface area (Å²) in [5.74, 6) is 0. The van der Waals surface area contributed by atoms with Crippen LogP contribution in [0.2, 0.25) is 0 Å². The van der Waals surface area contributed by atoms with Crippen LogP contribution in [0.25, 0.3) is 0 Å². The summed E-state index contributed by atoms with van der Waals surface area (Å²) in [6.45, 7) is 0.425. The van der Waals surface area contributed by atoms with E-state index in [0.717, 1.165) is 11.3 Å². The van der Waals surface area contributed by atoms with E-state index < -0.39 is 14.9 Å². The van der Waals surface area contributed by atoms with E-state index in [2.05, 4.69) is 4.99 Å². The Hall–Kier alpha value is -3.52. The Morgan fingerprint density at radius 3 is 2.52 bits per heavy atom. The van der Waals surface area contributed by atoms with Gasteiger partial charge in [0.1, 0.15) is 0 Å². The molecule has 4 rings (SSSR count). The Morgan fingerprint density at radius 1 is 1.00 bits per heavy atom. The van der Waals surface area contributed by atoms with E-state index >= 15 is 0 Å². The fraction of sp³-hybridized carbons (Fsp3) is 0.0952. The molecule has 3 aromatic rings. The van der Waals surface area contributed by atoms with Crippen LogP contribution in [0.15, 0.2) is 82.7 Å². The highest BCUT2D eigenvalue weighted by molar-refractivity contribution is 7.92. The first-order valence-electron chi connectivity index (χ1n) is 8.94. The zero-order chi connectivity index (χ0) is 20.4. The lowest BCUT2D eigenvalue weighted by Crippen LogP contribution is -2.29. The molecule has 146 valence electrons. The van der Waals surface area contributed by atoms with Gasteiger partial charge in [0.25, 0.3) is 15.7 Å². The van der Waals surface area contributed by atoms with Gasteiger partial charge in [-0.3, -0.25) is 19.4 Å². The van der Waals surface area contributed by atoms with Gasteiger partial charge in [0, 0.05) is 24.9 Å². The third-order valence-electron chi connectivity index (χ3n) is 4.71. The van der Waals surface area contributed by atoms with Crippen molar-refractivity contribution < 1.29 is 13.3 Å². The molecule has 0 aliphatic carbocycles. The number of hydrogen-bond donors (Lipinski definition) is 0. The van der Waals surface area contributed by atoms with Gasteiger partial charge < -0.3 is 0 Å². The number of nitrogens with zero attached hydrogens (tertiary/aromatic N) is 3. The minimum absolute atomic E-state index is 0.0127. The quantitative estimate of drug-likeness (QED) is 0.362. The maximum atomic E-state index is 13.0. The molecule has 8 heteroatoms. The van der Waals surface area contributed by atoms with E-state index in [0.29, 0.717) is 24.2 Å². The van der Waals surface area contributed by atoms with Crippen molar-refractivity contribution >= 4 is 33.3 Å². The van der Waals surface area contributed by atoms with Crippen LogP contribution in [0, 0.1) is 10.1 Å². The second kappa shape index (κ2) is 7.48. The van der Waals surface area contributed by atoms with Crippen LogP contribution in [0.1, 0.15) is 11.1 Å². The lowest BCUT2D eigenvalue weighted by Gasteiger charge is -2.19. The molecular weight excluding hydrogens is 390 g/mol. The number of hydrogen-bond acceptors (Lipinski definition) is 5. The molecule has 0 saturated carbocycles. The van der Waals surface area contributed by atoms with E-state index in [9.17, 15) is 18.5 Å². The number of aliphatic imine (C=N–C) groups is 1. The predicted molar refractivity (Wildman–Crippen MR) is 111 cm³/mol. The first kappa shape index (κ1) is 18.8. The molecule has 7 nitrogen and oxygen atoms in total. The van der Waals surface area contributed by atoms with Crippen LogP contribution in [0.3, 0.4) is 0 Å². The molecule has 0 spiro atoms. The van der Waals surface area contributed by atoms with Crippen LogP contribution in [0.4, 0.5) is 17.1 Å². The van der Waals surface area contributed by atoms with Crippen molar-refractivity contribution in [1.82, 2.24) is 0 Å². The number of nitro benzene ring substituents is 1. The summed E-state index contributed by atoms with van der Waals surface area (Å²) in [6, 6.07) is 19.9. The first-order chi connectivity index (χ1) is 13.9. The fourth-order valence-corrected chi connectivity index (χ4v) is 4.76. The zero-order valence-corrected chi connectivity index (χ0v) is 16.1. The molecule has 0 N–H and O–H groups in total. The minimum Gasteiger partial charge on any atom is -0.266 e. The standard InChI is InChI=1S/C21H17N3O4S/c25-24(26)19-6-3-4-16(14-19)15-22-18-8-10-20(11-9-18)29(27,28)23-13-12-17-5-1-2-7-21(17)23/h1-11,14-15H,12-13H2. The molecule has 0 amide bonds. The molecule has 0 radical (unpaired) electrons. The highest BCUT2D eigenvalue weighted by Gasteiger charge is 2.30. The average Bonchev–Trinajstić information content (AvgIpc) is 3.18. The van der Waals surface area contributed by atoms with E-state index in [4.69, 9.17) is 0 Å². The lowest BCUT2D eigenvalue weighted by atomic mass is 10.2. The molecule has 0 bridgehead atoms. The van der Waals surface area contributed by atoms with Crippen LogP contribution < -0.4 is 4.31 Å². The normalized spacial score (nSPS) is 13.6. The maximum Gasteiger partial charge on any atom is 0.270 e. The van der Waals surface area contributed by atoms with Crippen molar-refractivity contribution in [2.24, 2.45) is 4.99 Å². The Kier molecular flexibility index (Phi) is 4.85. The summed E-state index contributed by atoms with van der Waals surface area (Å²) in [6.07, 6.45) is 2.20. The molecule has 0 atom stereocenters. The van der Waals surface area contributed by atoms with Crippen molar-refractivity contribution in [3.63, 3.8) is 0 Å². The molecule has 3 aromatic carbocycles. The molecule has 0 saturated heterocycles. The van der Waals surface area contributed by atoms with Gasteiger partial charge in [0.15, 0.2) is 0 Å². The van der Waals surface area contributed by atoms with Gasteiger partial charge in [-0.2, -0.15) is 0 Å². The van der Waals surface area contributed by atoms with Gasteiger partial charge in [-0.05, 0) is 47.9 Å². The third kappa shape index (κ3) is 3.74. The van der Waals surface area contributed by atoms with Crippen molar-refractivity contribution in [2.75, 3.05) is 10.8 Å². The van der Waals surface area contributed by atoms with Crippen molar-refractivity contribution in [3.8, 4) is 0 Å². The van der Waals surface area contributed by atoms with E-state index in [-0.39, 0.29) is 10.6 Å². The summed E-state index contributed by atoms with van der Waals surface area (Å²) in [4.78, 5) is 14.9. The fourth-order valence-electron chi connectivity index (χ4n) is 3.26. The third-order valence-corrected chi connectivity index (χ3v) is 6.54. The summed E-state index contributed by atoms with van der Waals surface area (Å²) in [7, 11) is -3.64. The Morgan fingerprint density at radius 2 is 1.76 bits per heavy atom. The average molecular weight is 407 g/mol. The number of fused-ring (bicyclic) bond motifs is 1. The first-order valence-corrected chi connectivity index (χ1v) is 10.4. The Bertz CT molecular complexity index is 1200. The predicted octanol–water partition coefficient (Wildman–Crippen LogP) is 4.10. The van der Waals surface area contributed by atoms with E-state index in [1.54, 1.807) is 24.3 Å². The number of sulfonamides is 1. The van der Waals surface area contributed by atoms with Gasteiger partial charge in [0.05, 0.1) is 21.2 Å². The van der Waals surface area contributed by atoms with E-state index in [1.165, 1.54) is 34.8 Å². The Labute approximate surface area is 168 Å². The smallest absolute Gasteiger partial charge is 0.266 e. The SMILES string of the molecule is O=[N+]([O-])c1cccc(C=Nc2ccc(S(=O)(=O)N3CCc4ccccc43)cc2)c1. The highest BCUT2D eigenvalue weighted by Crippen LogP contribution is 2.33. The molecule has 1 aliphatic rings. The molecule has 0 unspecified atom stereocenters. The second-order valence-corrected chi connectivity index (χ2v) is 8.42. The summed E-state index contributed by atoms with van der Waals surface area (Å²) in [5, 5.41) is 10.8. The Balaban J connectivity index is 1.55. The van der Waals surface area contributed by atoms with Gasteiger partial charge in [0.2, 0.25) is 0 Å². The van der Waals surface area contributed by atoms with Gasteiger partial charge >= 0.3 is 0 Å². The summed E-state index contributed by atoms with van der Waals surface area (Å²) < 4.78 is 27.5. The van der Waals surface area contributed by atoms with Crippen LogP contribution in [-0.4, -0.2) is 26.1 Å². The van der Waals surface area contributed by atoms with Gasteiger partial charge in [-0.25, -0.2) is 8.42 Å². The lowest BCUT2D eigenvalue weighted by molar-refractivity contribution is -0.384. The largest absolute Gasteiger partial charge is 0.270 e. The van der Waals surface area contributed by atoms with Crippen molar-refractivity contribution in [2.45, 2.75) is 11.3 Å². The second-order valence-electron chi connectivity index (χ2n) is 6.56. The number of rotatable bonds is 5. The molecule has 0 fully saturated rings. The molecule has 0 aromatic heterocycles. The number of nitro groups is 1. The summed E-state index contributed by atoms with van der Waals surface area (Å²) >= 11 is 0. The molecule has 1 aliphatic heterocycles. The van der Waals surface area contributed by atoms with Crippen LogP contribution >= 0.6 is 0 Å². The molecular formula is C21H17N3O4S. The van der Waals surface area contributed by atoms with Crippen molar-refractivity contribution in [1.29, 1.82) is 0 Å². The maximum absolute atomic E-state index is 13.0. The number of non-ortho nitro benzene ring substituents is 1. The number of para-hydroxylation sites is 1. The monoisotopic (exact) mass is 407 g/mol. The number of anilines is 1. The van der Waals surface area contributed by atoms with Gasteiger partial charge in [-0.15, -0.1) is 0 Å². The van der Waals surface area contributed by atoms with Gasteiger partial charge in [-0.1, -0.05) is 30.3 Å². The van der Waals surface area contributed by atoms with E-state index in [1.807, 2.05) is 24.3 Å². The zero-order valence-electron chi connectivity index (χ0n) is 15.3. The number of benzene rings is 3.